The van der Waals surface area contributed by atoms with Crippen molar-refractivity contribution < 1.29 is 10.0 Å². The highest BCUT2D eigenvalue weighted by Gasteiger charge is 2.14. The van der Waals surface area contributed by atoms with Gasteiger partial charge in [-0.1, -0.05) is 64.1 Å². The molecule has 0 unspecified atom stereocenters. The average Bonchev–Trinajstić information content (AvgIpc) is 2.48. The quantitative estimate of drug-likeness (QED) is 0.623. The largest absolute Gasteiger partial charge is 0.502 e. The van der Waals surface area contributed by atoms with Gasteiger partial charge in [0.05, 0.1) is 4.92 Å². The maximum Gasteiger partial charge on any atom is 0.310 e. The first-order chi connectivity index (χ1) is 10.3. The number of aromatic hydroxyl groups is 1. The lowest BCUT2D eigenvalue weighted by Crippen LogP contribution is -1.92. The Morgan fingerprint density at radius 2 is 1.45 bits per heavy atom. The third-order valence-electron chi connectivity index (χ3n) is 3.33. The van der Waals surface area contributed by atoms with Crippen molar-refractivity contribution in [2.45, 2.75) is 39.5 Å². The van der Waals surface area contributed by atoms with E-state index in [0.29, 0.717) is 5.92 Å². The number of benzene rings is 2. The average molecular weight is 301 g/mol. The number of rotatable bonds is 3. The van der Waals surface area contributed by atoms with E-state index in [9.17, 15) is 10.1 Å². The minimum Gasteiger partial charge on any atom is -0.502 e. The van der Waals surface area contributed by atoms with Crippen LogP contribution in [0, 0.1) is 10.1 Å². The van der Waals surface area contributed by atoms with Crippen molar-refractivity contribution in [2.75, 3.05) is 0 Å². The van der Waals surface area contributed by atoms with Crippen LogP contribution in [0.2, 0.25) is 0 Å². The first kappa shape index (κ1) is 17.7. The molecule has 0 aliphatic heterocycles. The Morgan fingerprint density at radius 1 is 0.909 bits per heavy atom. The molecule has 0 aliphatic carbocycles. The van der Waals surface area contributed by atoms with Gasteiger partial charge in [-0.2, -0.15) is 0 Å². The van der Waals surface area contributed by atoms with Crippen LogP contribution in [0.3, 0.4) is 0 Å². The number of phenolic OH excluding ortho intramolecular Hbond substituents is 1. The molecule has 2 aromatic rings. The fraction of sp³-hybridized carbons (Fsp3) is 0.333. The summed E-state index contributed by atoms with van der Waals surface area (Å²) in [5.41, 5.74) is 2.04. The van der Waals surface area contributed by atoms with Gasteiger partial charge in [-0.05, 0) is 29.0 Å². The first-order valence-electron chi connectivity index (χ1n) is 7.35. The second-order valence-electron chi connectivity index (χ2n) is 5.73. The zero-order valence-electron chi connectivity index (χ0n) is 13.5. The molecule has 0 aliphatic rings. The minimum atomic E-state index is -0.582. The maximum absolute atomic E-state index is 10.4. The maximum atomic E-state index is 10.4. The van der Waals surface area contributed by atoms with Gasteiger partial charge in [-0.15, -0.1) is 0 Å². The van der Waals surface area contributed by atoms with Gasteiger partial charge in [0.1, 0.15) is 0 Å². The Kier molecular flexibility index (Phi) is 6.57. The summed E-state index contributed by atoms with van der Waals surface area (Å²) >= 11 is 0. The summed E-state index contributed by atoms with van der Waals surface area (Å²) in [6.07, 6.45) is 0. The highest BCUT2D eigenvalue weighted by molar-refractivity contribution is 5.48. The van der Waals surface area contributed by atoms with Gasteiger partial charge < -0.3 is 5.11 Å². The molecule has 0 aromatic heterocycles. The summed E-state index contributed by atoms with van der Waals surface area (Å²) < 4.78 is 0. The Labute approximate surface area is 131 Å². The van der Waals surface area contributed by atoms with Crippen LogP contribution in [-0.4, -0.2) is 10.0 Å². The van der Waals surface area contributed by atoms with Crippen LogP contribution in [0.5, 0.6) is 5.75 Å². The van der Waals surface area contributed by atoms with Crippen LogP contribution >= 0.6 is 0 Å². The zero-order valence-corrected chi connectivity index (χ0v) is 13.5. The Balaban J connectivity index is 0.000000235. The van der Waals surface area contributed by atoms with Crippen LogP contribution in [0.25, 0.3) is 0 Å². The molecule has 0 bridgehead atoms. The van der Waals surface area contributed by atoms with E-state index in [0.717, 1.165) is 5.56 Å². The molecule has 22 heavy (non-hydrogen) atoms. The summed E-state index contributed by atoms with van der Waals surface area (Å²) in [4.78, 5) is 9.86. The van der Waals surface area contributed by atoms with E-state index < -0.39 is 4.92 Å². The van der Waals surface area contributed by atoms with Gasteiger partial charge in [0.15, 0.2) is 5.75 Å². The van der Waals surface area contributed by atoms with Gasteiger partial charge in [0, 0.05) is 6.07 Å². The van der Waals surface area contributed by atoms with Gasteiger partial charge in [-0.3, -0.25) is 10.1 Å². The number of phenols is 1. The van der Waals surface area contributed by atoms with Gasteiger partial charge in [-0.25, -0.2) is 0 Å². The molecule has 0 radical (unpaired) electrons. The van der Waals surface area contributed by atoms with Gasteiger partial charge in [0.25, 0.3) is 0 Å². The second-order valence-corrected chi connectivity index (χ2v) is 5.73. The monoisotopic (exact) mass is 301 g/mol. The van der Waals surface area contributed by atoms with Crippen molar-refractivity contribution in [1.29, 1.82) is 0 Å². The molecule has 0 spiro atoms. The van der Waals surface area contributed by atoms with Crippen molar-refractivity contribution >= 4 is 5.69 Å². The second kappa shape index (κ2) is 8.17. The van der Waals surface area contributed by atoms with Gasteiger partial charge in [0.2, 0.25) is 0 Å². The Hall–Kier alpha value is -2.36. The molecule has 0 fully saturated rings. The Bertz CT molecular complexity index is 607. The molecule has 1 N–H and O–H groups in total. The predicted molar refractivity (Wildman–Crippen MR) is 89.4 cm³/mol. The number of hydrogen-bond acceptors (Lipinski definition) is 3. The molecule has 0 saturated carbocycles. The van der Waals surface area contributed by atoms with Crippen LogP contribution in [-0.2, 0) is 0 Å². The summed E-state index contributed by atoms with van der Waals surface area (Å²) in [6.45, 7) is 8.29. The normalized spacial score (nSPS) is 10.3. The molecule has 2 rings (SSSR count). The molecule has 0 saturated heterocycles. The van der Waals surface area contributed by atoms with E-state index in [4.69, 9.17) is 5.11 Å². The highest BCUT2D eigenvalue weighted by atomic mass is 16.6. The predicted octanol–water partition coefficient (Wildman–Crippen LogP) is 5.23. The van der Waals surface area contributed by atoms with Crippen LogP contribution in [0.15, 0.2) is 48.5 Å². The molecule has 118 valence electrons. The third kappa shape index (κ3) is 5.20. The third-order valence-corrected chi connectivity index (χ3v) is 3.33. The molecular weight excluding hydrogens is 278 g/mol. The minimum absolute atomic E-state index is 0.222. The van der Waals surface area contributed by atoms with Crippen LogP contribution in [0.4, 0.5) is 5.69 Å². The topological polar surface area (TPSA) is 63.4 Å². The zero-order chi connectivity index (χ0) is 16.7. The summed E-state index contributed by atoms with van der Waals surface area (Å²) in [7, 11) is 0. The summed E-state index contributed by atoms with van der Waals surface area (Å²) in [6, 6.07) is 15.0. The van der Waals surface area contributed by atoms with E-state index in [1.165, 1.54) is 17.7 Å². The lowest BCUT2D eigenvalue weighted by atomic mass is 10.0. The molecule has 0 amide bonds. The number of nitro benzene ring substituents is 1. The number of hydrogen-bond donors (Lipinski definition) is 1. The van der Waals surface area contributed by atoms with Crippen LogP contribution in [0.1, 0.15) is 50.7 Å². The smallest absolute Gasteiger partial charge is 0.310 e. The molecular formula is C18H23NO3. The van der Waals surface area contributed by atoms with Crippen molar-refractivity contribution in [3.63, 3.8) is 0 Å². The first-order valence-corrected chi connectivity index (χ1v) is 7.35. The van der Waals surface area contributed by atoms with E-state index in [1.54, 1.807) is 6.07 Å². The van der Waals surface area contributed by atoms with Crippen LogP contribution < -0.4 is 0 Å². The van der Waals surface area contributed by atoms with Crippen molar-refractivity contribution in [3.8, 4) is 5.75 Å². The van der Waals surface area contributed by atoms with Crippen molar-refractivity contribution in [2.24, 2.45) is 0 Å². The molecule has 4 nitrogen and oxygen atoms in total. The van der Waals surface area contributed by atoms with E-state index in [2.05, 4.69) is 38.1 Å². The number of nitrogens with zero attached hydrogens (tertiary/aromatic N) is 1. The highest BCUT2D eigenvalue weighted by Crippen LogP contribution is 2.29. The van der Waals surface area contributed by atoms with E-state index in [1.807, 2.05) is 19.9 Å². The molecule has 4 heteroatoms. The summed E-state index contributed by atoms with van der Waals surface area (Å²) in [5.74, 6) is 0.597. The van der Waals surface area contributed by atoms with E-state index in [-0.39, 0.29) is 17.4 Å². The fourth-order valence-electron chi connectivity index (χ4n) is 1.88. The molecule has 0 atom stereocenters. The lowest BCUT2D eigenvalue weighted by Gasteiger charge is -2.04. The standard InChI is InChI=1S/C9H11NO3.C9H12/c1-6(2)7-3-4-9(11)8(5-7)10(12)13;1-8(2)9-6-4-3-5-7-9/h3-6,11H,1-2H3;3-8H,1-2H3. The van der Waals surface area contributed by atoms with Crippen molar-refractivity contribution in [1.82, 2.24) is 0 Å². The SMILES string of the molecule is CC(C)c1ccc(O)c([N+](=O)[O-])c1.CC(C)c1ccccc1. The Morgan fingerprint density at radius 3 is 1.86 bits per heavy atom. The summed E-state index contributed by atoms with van der Waals surface area (Å²) in [5, 5.41) is 19.6. The molecule has 0 heterocycles. The molecule has 2 aromatic carbocycles. The number of nitro groups is 1. The lowest BCUT2D eigenvalue weighted by molar-refractivity contribution is -0.385. The van der Waals surface area contributed by atoms with Crippen molar-refractivity contribution in [3.05, 3.63) is 69.8 Å². The van der Waals surface area contributed by atoms with E-state index >= 15 is 0 Å². The fourth-order valence-corrected chi connectivity index (χ4v) is 1.88. The van der Waals surface area contributed by atoms with Gasteiger partial charge >= 0.3 is 5.69 Å².